The lowest BCUT2D eigenvalue weighted by Gasteiger charge is -2.20. The maximum Gasteiger partial charge on any atom is 0.272 e. The average molecular weight is 338 g/mol. The summed E-state index contributed by atoms with van der Waals surface area (Å²) in [5.74, 6) is 1.62. The third kappa shape index (κ3) is 3.35. The van der Waals surface area contributed by atoms with Gasteiger partial charge in [-0.2, -0.15) is 0 Å². The van der Waals surface area contributed by atoms with Gasteiger partial charge in [-0.25, -0.2) is 9.97 Å². The van der Waals surface area contributed by atoms with Gasteiger partial charge in [0.15, 0.2) is 0 Å². The summed E-state index contributed by atoms with van der Waals surface area (Å²) in [5, 5.41) is 3.38. The van der Waals surface area contributed by atoms with Crippen LogP contribution in [0.25, 0.3) is 0 Å². The Morgan fingerprint density at radius 3 is 3.00 bits per heavy atom. The number of carbonyl (C=O) groups is 1. The molecule has 1 N–H and O–H groups in total. The first-order chi connectivity index (χ1) is 12.2. The van der Waals surface area contributed by atoms with Gasteiger partial charge in [-0.05, 0) is 31.2 Å². The Kier molecular flexibility index (Phi) is 4.36. The highest BCUT2D eigenvalue weighted by atomic mass is 16.5. The molecule has 2 aliphatic heterocycles. The van der Waals surface area contributed by atoms with E-state index in [4.69, 9.17) is 4.74 Å². The molecule has 0 aliphatic carbocycles. The van der Waals surface area contributed by atoms with Gasteiger partial charge in [-0.3, -0.25) is 4.79 Å². The van der Waals surface area contributed by atoms with E-state index in [9.17, 15) is 4.79 Å². The number of fused-ring (bicyclic) bond motifs is 1. The van der Waals surface area contributed by atoms with Crippen LogP contribution in [-0.2, 0) is 4.74 Å². The Morgan fingerprint density at radius 1 is 1.28 bits per heavy atom. The summed E-state index contributed by atoms with van der Waals surface area (Å²) in [6.45, 7) is 4.83. The first kappa shape index (κ1) is 16.0. The van der Waals surface area contributed by atoms with Crippen molar-refractivity contribution in [2.24, 2.45) is 11.8 Å². The number of hydrogen-bond donors (Lipinski definition) is 1. The number of rotatable bonds is 4. The second-order valence-electron chi connectivity index (χ2n) is 6.77. The molecular weight excluding hydrogens is 316 g/mol. The van der Waals surface area contributed by atoms with E-state index < -0.39 is 0 Å². The zero-order valence-corrected chi connectivity index (χ0v) is 14.3. The minimum atomic E-state index is -0.00173. The number of amides is 1. The summed E-state index contributed by atoms with van der Waals surface area (Å²) >= 11 is 0. The number of hydrogen-bond acceptors (Lipinski definition) is 5. The van der Waals surface area contributed by atoms with Crippen molar-refractivity contribution in [3.63, 3.8) is 0 Å². The van der Waals surface area contributed by atoms with Gasteiger partial charge in [0.1, 0.15) is 11.5 Å². The molecule has 0 aromatic carbocycles. The van der Waals surface area contributed by atoms with Crippen molar-refractivity contribution in [2.45, 2.75) is 13.0 Å². The molecule has 2 aliphatic rings. The molecule has 3 atom stereocenters. The van der Waals surface area contributed by atoms with Crippen molar-refractivity contribution in [3.8, 4) is 0 Å². The number of carbonyl (C=O) groups excluding carboxylic acids is 1. The van der Waals surface area contributed by atoms with E-state index in [-0.39, 0.29) is 12.0 Å². The third-order valence-corrected chi connectivity index (χ3v) is 5.04. The van der Waals surface area contributed by atoms with Crippen LogP contribution in [0.5, 0.6) is 0 Å². The van der Waals surface area contributed by atoms with E-state index in [1.807, 2.05) is 42.2 Å². The van der Waals surface area contributed by atoms with Crippen molar-refractivity contribution in [1.82, 2.24) is 14.9 Å². The van der Waals surface area contributed by atoms with Gasteiger partial charge in [0.05, 0.1) is 12.7 Å². The molecule has 2 saturated heterocycles. The minimum Gasteiger partial charge on any atom is -0.376 e. The maximum absolute atomic E-state index is 12.7. The van der Waals surface area contributed by atoms with Crippen LogP contribution in [-0.4, -0.2) is 53.1 Å². The quantitative estimate of drug-likeness (QED) is 0.923. The van der Waals surface area contributed by atoms with Gasteiger partial charge in [0.2, 0.25) is 0 Å². The topological polar surface area (TPSA) is 67.4 Å². The molecule has 6 nitrogen and oxygen atoms in total. The highest BCUT2D eigenvalue weighted by molar-refractivity contribution is 5.92. The van der Waals surface area contributed by atoms with Gasteiger partial charge in [-0.15, -0.1) is 0 Å². The van der Waals surface area contributed by atoms with Gasteiger partial charge >= 0.3 is 0 Å². The first-order valence-electron chi connectivity index (χ1n) is 8.70. The van der Waals surface area contributed by atoms with E-state index >= 15 is 0 Å². The van der Waals surface area contributed by atoms with Crippen molar-refractivity contribution in [3.05, 3.63) is 54.0 Å². The number of ether oxygens (including phenoxy) is 1. The molecule has 2 aromatic heterocycles. The Bertz CT molecular complexity index is 752. The third-order valence-electron chi connectivity index (χ3n) is 5.04. The van der Waals surface area contributed by atoms with Gasteiger partial charge in [0.25, 0.3) is 5.91 Å². The number of nitrogens with zero attached hydrogens (tertiary/aromatic N) is 3. The monoisotopic (exact) mass is 338 g/mol. The zero-order chi connectivity index (χ0) is 17.2. The summed E-state index contributed by atoms with van der Waals surface area (Å²) in [4.78, 5) is 23.2. The molecule has 2 aromatic rings. The summed E-state index contributed by atoms with van der Waals surface area (Å²) in [6.07, 6.45) is 1.91. The predicted octanol–water partition coefficient (Wildman–Crippen LogP) is 1.98. The zero-order valence-electron chi connectivity index (χ0n) is 14.3. The molecule has 0 radical (unpaired) electrons. The second-order valence-corrected chi connectivity index (χ2v) is 6.77. The lowest BCUT2D eigenvalue weighted by molar-refractivity contribution is 0.0675. The van der Waals surface area contributed by atoms with Gasteiger partial charge < -0.3 is 15.0 Å². The summed E-state index contributed by atoms with van der Waals surface area (Å²) < 4.78 is 5.94. The summed E-state index contributed by atoms with van der Waals surface area (Å²) in [7, 11) is 0. The number of aryl methyl sites for hydroxylation is 1. The lowest BCUT2D eigenvalue weighted by Crippen LogP contribution is -2.32. The van der Waals surface area contributed by atoms with Crippen molar-refractivity contribution in [1.29, 1.82) is 0 Å². The Hall–Kier alpha value is -2.47. The maximum atomic E-state index is 12.7. The Balaban J connectivity index is 1.38. The van der Waals surface area contributed by atoms with E-state index in [1.54, 1.807) is 12.3 Å². The van der Waals surface area contributed by atoms with Crippen LogP contribution in [0.1, 0.15) is 16.2 Å². The standard InChI is InChI=1S/C19H22N4O2/c1-13-5-4-6-16(22-13)19(24)23-10-15-14(12-25-17(15)11-23)9-21-18-7-2-3-8-20-18/h2-8,14-15,17H,9-12H2,1H3,(H,20,21)/t14-,15-,17-/m0/s1. The molecule has 25 heavy (non-hydrogen) atoms. The van der Waals surface area contributed by atoms with Crippen LogP contribution < -0.4 is 5.32 Å². The molecule has 4 heterocycles. The highest BCUT2D eigenvalue weighted by Gasteiger charge is 2.45. The first-order valence-corrected chi connectivity index (χ1v) is 8.70. The van der Waals surface area contributed by atoms with Crippen LogP contribution in [0.3, 0.4) is 0 Å². The fraction of sp³-hybridized carbons (Fsp3) is 0.421. The second kappa shape index (κ2) is 6.80. The SMILES string of the molecule is Cc1cccc(C(=O)N2C[C@H]3[C@@H](CNc4ccccn4)CO[C@H]3C2)n1. The van der Waals surface area contributed by atoms with E-state index in [0.29, 0.717) is 24.1 Å². The summed E-state index contributed by atoms with van der Waals surface area (Å²) in [5.41, 5.74) is 1.38. The molecule has 0 spiro atoms. The van der Waals surface area contributed by atoms with E-state index in [2.05, 4.69) is 15.3 Å². The average Bonchev–Trinajstić information content (AvgIpc) is 3.21. The lowest BCUT2D eigenvalue weighted by atomic mass is 9.93. The summed E-state index contributed by atoms with van der Waals surface area (Å²) in [6, 6.07) is 11.4. The molecule has 4 rings (SSSR count). The van der Waals surface area contributed by atoms with Crippen molar-refractivity contribution in [2.75, 3.05) is 31.6 Å². The van der Waals surface area contributed by atoms with Crippen LogP contribution >= 0.6 is 0 Å². The minimum absolute atomic E-state index is 0.00173. The molecule has 1 amide bonds. The molecule has 0 bridgehead atoms. The van der Waals surface area contributed by atoms with Crippen LogP contribution in [0.15, 0.2) is 42.6 Å². The molecule has 6 heteroatoms. The number of anilines is 1. The van der Waals surface area contributed by atoms with Gasteiger partial charge in [0, 0.05) is 43.4 Å². The fourth-order valence-corrected chi connectivity index (χ4v) is 3.70. The highest BCUT2D eigenvalue weighted by Crippen LogP contribution is 2.34. The molecule has 0 unspecified atom stereocenters. The van der Waals surface area contributed by atoms with Crippen molar-refractivity contribution < 1.29 is 9.53 Å². The molecule has 2 fully saturated rings. The Labute approximate surface area is 147 Å². The largest absolute Gasteiger partial charge is 0.376 e. The van der Waals surface area contributed by atoms with E-state index in [1.165, 1.54) is 0 Å². The van der Waals surface area contributed by atoms with Gasteiger partial charge in [-0.1, -0.05) is 12.1 Å². The smallest absolute Gasteiger partial charge is 0.272 e. The number of aromatic nitrogens is 2. The number of likely N-dealkylation sites (tertiary alicyclic amines) is 1. The number of nitrogens with one attached hydrogen (secondary N) is 1. The van der Waals surface area contributed by atoms with Crippen LogP contribution in [0.4, 0.5) is 5.82 Å². The number of pyridine rings is 2. The predicted molar refractivity (Wildman–Crippen MR) is 94.3 cm³/mol. The molecular formula is C19H22N4O2. The van der Waals surface area contributed by atoms with Crippen molar-refractivity contribution >= 4 is 11.7 Å². The van der Waals surface area contributed by atoms with Crippen LogP contribution in [0, 0.1) is 18.8 Å². The Morgan fingerprint density at radius 2 is 2.20 bits per heavy atom. The normalized spacial score (nSPS) is 25.0. The molecule has 130 valence electrons. The van der Waals surface area contributed by atoms with E-state index in [0.717, 1.165) is 31.2 Å². The molecule has 0 saturated carbocycles. The fourth-order valence-electron chi connectivity index (χ4n) is 3.70. The van der Waals surface area contributed by atoms with Crippen LogP contribution in [0.2, 0.25) is 0 Å².